The lowest BCUT2D eigenvalue weighted by Gasteiger charge is -2.03. The molecule has 0 atom stereocenters. The van der Waals surface area contributed by atoms with Crippen LogP contribution < -0.4 is 10.1 Å². The van der Waals surface area contributed by atoms with Gasteiger partial charge in [0.1, 0.15) is 5.75 Å². The van der Waals surface area contributed by atoms with Crippen molar-refractivity contribution in [3.63, 3.8) is 0 Å². The minimum Gasteiger partial charge on any atom is -0.497 e. The summed E-state index contributed by atoms with van der Waals surface area (Å²) in [6.07, 6.45) is 0. The fraction of sp³-hybridized carbons (Fsp3) is 0.417. The quantitative estimate of drug-likeness (QED) is 0.830. The Morgan fingerprint density at radius 3 is 2.60 bits per heavy atom. The van der Waals surface area contributed by atoms with Crippen molar-refractivity contribution in [1.82, 2.24) is 5.32 Å². The average Bonchev–Trinajstić information content (AvgIpc) is 2.32. The number of hydrogen-bond acceptors (Lipinski definition) is 2. The molecule has 0 radical (unpaired) electrons. The van der Waals surface area contributed by atoms with Crippen molar-refractivity contribution in [3.05, 3.63) is 29.8 Å². The molecule has 1 N–H and O–H groups in total. The van der Waals surface area contributed by atoms with Crippen molar-refractivity contribution >= 4 is 5.91 Å². The third-order valence-electron chi connectivity index (χ3n) is 1.67. The predicted molar refractivity (Wildman–Crippen MR) is 62.3 cm³/mol. The minimum absolute atomic E-state index is 0.0681. The zero-order valence-corrected chi connectivity index (χ0v) is 9.83. The van der Waals surface area contributed by atoms with Gasteiger partial charge in [0.15, 0.2) is 0 Å². The van der Waals surface area contributed by atoms with Crippen LogP contribution in [-0.2, 0) is 0 Å². The van der Waals surface area contributed by atoms with Crippen LogP contribution in [0.1, 0.15) is 31.1 Å². The van der Waals surface area contributed by atoms with Crippen LogP contribution in [0.5, 0.6) is 5.75 Å². The van der Waals surface area contributed by atoms with Crippen LogP contribution in [0.2, 0.25) is 0 Å². The summed E-state index contributed by atoms with van der Waals surface area (Å²) in [4.78, 5) is 11.3. The van der Waals surface area contributed by atoms with Crippen molar-refractivity contribution in [3.8, 4) is 5.75 Å². The van der Waals surface area contributed by atoms with E-state index in [0.717, 1.165) is 0 Å². The largest absolute Gasteiger partial charge is 0.497 e. The summed E-state index contributed by atoms with van der Waals surface area (Å²) >= 11 is 0. The Hall–Kier alpha value is -1.51. The molecule has 0 heterocycles. The molecule has 0 saturated heterocycles. The molecule has 0 aliphatic rings. The zero-order chi connectivity index (χ0) is 11.7. The van der Waals surface area contributed by atoms with Crippen LogP contribution in [0.4, 0.5) is 0 Å². The lowest BCUT2D eigenvalue weighted by Crippen LogP contribution is -2.22. The van der Waals surface area contributed by atoms with Crippen LogP contribution in [-0.4, -0.2) is 19.6 Å². The highest BCUT2D eigenvalue weighted by Crippen LogP contribution is 2.11. The van der Waals surface area contributed by atoms with Crippen molar-refractivity contribution in [2.75, 3.05) is 13.7 Å². The third kappa shape index (κ3) is 4.49. The molecule has 0 aliphatic carbocycles. The second-order valence-corrected chi connectivity index (χ2v) is 2.59. The molecular formula is C12H19NO2. The molecule has 0 saturated carbocycles. The molecule has 0 aromatic heterocycles. The molecule has 1 amide bonds. The summed E-state index contributed by atoms with van der Waals surface area (Å²) in [6.45, 7) is 6.52. The zero-order valence-electron chi connectivity index (χ0n) is 9.83. The molecular weight excluding hydrogens is 190 g/mol. The topological polar surface area (TPSA) is 38.3 Å². The second-order valence-electron chi connectivity index (χ2n) is 2.59. The van der Waals surface area contributed by atoms with Gasteiger partial charge in [0.25, 0.3) is 5.91 Å². The number of carbonyl (C=O) groups is 1. The first-order valence-electron chi connectivity index (χ1n) is 5.20. The summed E-state index contributed by atoms with van der Waals surface area (Å²) in [7, 11) is 1.58. The van der Waals surface area contributed by atoms with Crippen LogP contribution in [0.3, 0.4) is 0 Å². The Labute approximate surface area is 91.5 Å². The van der Waals surface area contributed by atoms with Gasteiger partial charge in [0, 0.05) is 12.1 Å². The molecule has 0 spiro atoms. The van der Waals surface area contributed by atoms with Crippen molar-refractivity contribution < 1.29 is 9.53 Å². The van der Waals surface area contributed by atoms with Gasteiger partial charge >= 0.3 is 0 Å². The van der Waals surface area contributed by atoms with E-state index in [1.54, 1.807) is 25.3 Å². The molecule has 1 rings (SSSR count). The first-order chi connectivity index (χ1) is 7.27. The van der Waals surface area contributed by atoms with Gasteiger partial charge < -0.3 is 10.1 Å². The second kappa shape index (κ2) is 7.85. The lowest BCUT2D eigenvalue weighted by atomic mass is 10.2. The van der Waals surface area contributed by atoms with Gasteiger partial charge in [-0.1, -0.05) is 19.9 Å². The number of ether oxygens (including phenoxy) is 1. The van der Waals surface area contributed by atoms with Crippen LogP contribution in [0, 0.1) is 0 Å². The Kier molecular flexibility index (Phi) is 7.06. The summed E-state index contributed by atoms with van der Waals surface area (Å²) < 4.78 is 5.00. The maximum absolute atomic E-state index is 11.3. The standard InChI is InChI=1S/C10H13NO2.C2H6/c1-3-11-10(12)8-5-4-6-9(7-8)13-2;1-2/h4-7H,3H2,1-2H3,(H,11,12);1-2H3. The normalized spacial score (nSPS) is 8.53. The van der Waals surface area contributed by atoms with E-state index >= 15 is 0 Å². The molecule has 1 aromatic rings. The Bertz CT molecular complexity index is 297. The van der Waals surface area contributed by atoms with Gasteiger partial charge in [-0.2, -0.15) is 0 Å². The number of carbonyl (C=O) groups excluding carboxylic acids is 1. The number of benzene rings is 1. The molecule has 84 valence electrons. The number of hydrogen-bond donors (Lipinski definition) is 1. The Morgan fingerprint density at radius 2 is 2.07 bits per heavy atom. The monoisotopic (exact) mass is 209 g/mol. The molecule has 0 bridgehead atoms. The molecule has 0 fully saturated rings. The summed E-state index contributed by atoms with van der Waals surface area (Å²) in [5.41, 5.74) is 0.626. The van der Waals surface area contributed by atoms with E-state index in [4.69, 9.17) is 4.74 Å². The molecule has 15 heavy (non-hydrogen) atoms. The summed E-state index contributed by atoms with van der Waals surface area (Å²) in [5, 5.41) is 2.72. The maximum atomic E-state index is 11.3. The van der Waals surface area contributed by atoms with Gasteiger partial charge in [-0.25, -0.2) is 0 Å². The van der Waals surface area contributed by atoms with E-state index in [1.807, 2.05) is 26.8 Å². The van der Waals surface area contributed by atoms with E-state index in [-0.39, 0.29) is 5.91 Å². The van der Waals surface area contributed by atoms with Crippen LogP contribution in [0.25, 0.3) is 0 Å². The van der Waals surface area contributed by atoms with Crippen molar-refractivity contribution in [1.29, 1.82) is 0 Å². The van der Waals surface area contributed by atoms with Gasteiger partial charge in [-0.15, -0.1) is 0 Å². The van der Waals surface area contributed by atoms with Crippen LogP contribution >= 0.6 is 0 Å². The molecule has 1 aromatic carbocycles. The van der Waals surface area contributed by atoms with E-state index in [9.17, 15) is 4.79 Å². The first-order valence-corrected chi connectivity index (χ1v) is 5.20. The lowest BCUT2D eigenvalue weighted by molar-refractivity contribution is 0.0955. The van der Waals surface area contributed by atoms with Gasteiger partial charge in [0.05, 0.1) is 7.11 Å². The van der Waals surface area contributed by atoms with Crippen molar-refractivity contribution in [2.45, 2.75) is 20.8 Å². The third-order valence-corrected chi connectivity index (χ3v) is 1.67. The van der Waals surface area contributed by atoms with Crippen molar-refractivity contribution in [2.24, 2.45) is 0 Å². The fourth-order valence-corrected chi connectivity index (χ4v) is 1.03. The van der Waals surface area contributed by atoms with E-state index in [0.29, 0.717) is 17.9 Å². The Balaban J connectivity index is 0.000000921. The number of rotatable bonds is 3. The van der Waals surface area contributed by atoms with E-state index in [2.05, 4.69) is 5.32 Å². The average molecular weight is 209 g/mol. The molecule has 3 heteroatoms. The van der Waals surface area contributed by atoms with E-state index < -0.39 is 0 Å². The number of nitrogens with one attached hydrogen (secondary N) is 1. The Morgan fingerprint density at radius 1 is 1.40 bits per heavy atom. The summed E-state index contributed by atoms with van der Waals surface area (Å²) in [6, 6.07) is 7.07. The smallest absolute Gasteiger partial charge is 0.251 e. The first kappa shape index (κ1) is 13.5. The molecule has 0 unspecified atom stereocenters. The van der Waals surface area contributed by atoms with Gasteiger partial charge in [-0.3, -0.25) is 4.79 Å². The van der Waals surface area contributed by atoms with Gasteiger partial charge in [-0.05, 0) is 25.1 Å². The molecule has 0 aliphatic heterocycles. The maximum Gasteiger partial charge on any atom is 0.251 e. The highest BCUT2D eigenvalue weighted by molar-refractivity contribution is 5.94. The summed E-state index contributed by atoms with van der Waals surface area (Å²) in [5.74, 6) is 0.630. The minimum atomic E-state index is -0.0681. The van der Waals surface area contributed by atoms with Gasteiger partial charge in [0.2, 0.25) is 0 Å². The van der Waals surface area contributed by atoms with Crippen LogP contribution in [0.15, 0.2) is 24.3 Å². The predicted octanol–water partition coefficient (Wildman–Crippen LogP) is 2.47. The number of methoxy groups -OCH3 is 1. The number of amides is 1. The SMILES string of the molecule is CC.CCNC(=O)c1cccc(OC)c1. The highest BCUT2D eigenvalue weighted by atomic mass is 16.5. The molecule has 3 nitrogen and oxygen atoms in total. The fourth-order valence-electron chi connectivity index (χ4n) is 1.03. The van der Waals surface area contributed by atoms with E-state index in [1.165, 1.54) is 0 Å². The highest BCUT2D eigenvalue weighted by Gasteiger charge is 2.03.